The van der Waals surface area contributed by atoms with Gasteiger partial charge in [0.1, 0.15) is 11.6 Å². The van der Waals surface area contributed by atoms with Crippen molar-refractivity contribution in [2.24, 2.45) is 0 Å². The molecule has 0 bridgehead atoms. The van der Waals surface area contributed by atoms with Gasteiger partial charge in [0.05, 0.1) is 10.6 Å². The third-order valence-corrected chi connectivity index (χ3v) is 4.32. The van der Waals surface area contributed by atoms with Crippen LogP contribution in [0.15, 0.2) is 53.3 Å². The topological polar surface area (TPSA) is 93.9 Å². The van der Waals surface area contributed by atoms with E-state index in [0.29, 0.717) is 11.3 Å². The highest BCUT2D eigenvalue weighted by Crippen LogP contribution is 2.29. The molecule has 0 unspecified atom stereocenters. The number of H-pyrrole nitrogens is 1. The Hall–Kier alpha value is -3.36. The van der Waals surface area contributed by atoms with E-state index in [2.05, 4.69) is 4.98 Å². The molecule has 6 heteroatoms. The Labute approximate surface area is 154 Å². The van der Waals surface area contributed by atoms with Crippen LogP contribution in [0, 0.1) is 18.3 Å². The van der Waals surface area contributed by atoms with Crippen molar-refractivity contribution in [2.75, 3.05) is 0 Å². The molecule has 5 nitrogen and oxygen atoms in total. The number of aryl methyl sites for hydroxylation is 1. The number of hydrogen-bond donors (Lipinski definition) is 2. The van der Waals surface area contributed by atoms with Crippen LogP contribution in [-0.2, 0) is 0 Å². The summed E-state index contributed by atoms with van der Waals surface area (Å²) < 4.78 is 0. The minimum atomic E-state index is -1.08. The van der Waals surface area contributed by atoms with E-state index in [4.69, 9.17) is 16.7 Å². The summed E-state index contributed by atoms with van der Waals surface area (Å²) in [7, 11) is 0. The number of pyridine rings is 1. The fourth-order valence-electron chi connectivity index (χ4n) is 2.74. The molecule has 0 atom stereocenters. The molecule has 2 aromatic carbocycles. The fraction of sp³-hybridized carbons (Fsp3) is 0.0500. The zero-order chi connectivity index (χ0) is 18.8. The van der Waals surface area contributed by atoms with Crippen molar-refractivity contribution in [3.05, 3.63) is 80.7 Å². The van der Waals surface area contributed by atoms with E-state index < -0.39 is 11.5 Å². The Morgan fingerprint density at radius 2 is 1.69 bits per heavy atom. The highest BCUT2D eigenvalue weighted by atomic mass is 35.5. The van der Waals surface area contributed by atoms with Crippen LogP contribution in [0.1, 0.15) is 21.6 Å². The third kappa shape index (κ3) is 3.23. The minimum Gasteiger partial charge on any atom is -0.478 e. The monoisotopic (exact) mass is 364 g/mol. The van der Waals surface area contributed by atoms with Gasteiger partial charge in [-0.1, -0.05) is 41.9 Å². The van der Waals surface area contributed by atoms with Gasteiger partial charge >= 0.3 is 5.97 Å². The van der Waals surface area contributed by atoms with Crippen molar-refractivity contribution in [2.45, 2.75) is 6.92 Å². The fourth-order valence-corrected chi connectivity index (χ4v) is 3.00. The number of halogens is 1. The molecular weight excluding hydrogens is 352 g/mol. The molecule has 3 rings (SSSR count). The van der Waals surface area contributed by atoms with Gasteiger partial charge in [-0.15, -0.1) is 0 Å². The first-order valence-electron chi connectivity index (χ1n) is 7.68. The van der Waals surface area contributed by atoms with Gasteiger partial charge in [0, 0.05) is 11.3 Å². The van der Waals surface area contributed by atoms with Crippen LogP contribution in [0.25, 0.3) is 22.3 Å². The molecule has 0 saturated carbocycles. The summed E-state index contributed by atoms with van der Waals surface area (Å²) in [5.41, 5.74) is 3.29. The lowest BCUT2D eigenvalue weighted by Gasteiger charge is -2.08. The van der Waals surface area contributed by atoms with E-state index >= 15 is 0 Å². The van der Waals surface area contributed by atoms with Gasteiger partial charge in [-0.2, -0.15) is 5.26 Å². The Balaban J connectivity index is 2.03. The summed E-state index contributed by atoms with van der Waals surface area (Å²) in [6.07, 6.45) is 0. The number of aromatic carboxylic acids is 1. The van der Waals surface area contributed by atoms with Crippen LogP contribution in [-0.4, -0.2) is 16.1 Å². The molecule has 128 valence electrons. The first-order chi connectivity index (χ1) is 12.4. The quantitative estimate of drug-likeness (QED) is 0.726. The highest BCUT2D eigenvalue weighted by molar-refractivity contribution is 6.33. The summed E-state index contributed by atoms with van der Waals surface area (Å²) in [5, 5.41) is 18.5. The van der Waals surface area contributed by atoms with E-state index in [0.717, 1.165) is 16.7 Å². The Kier molecular flexibility index (Phi) is 4.61. The molecule has 1 aromatic heterocycles. The van der Waals surface area contributed by atoms with E-state index in [-0.39, 0.29) is 16.1 Å². The zero-order valence-electron chi connectivity index (χ0n) is 13.7. The summed E-state index contributed by atoms with van der Waals surface area (Å²) >= 11 is 6.02. The number of hydrogen-bond acceptors (Lipinski definition) is 3. The molecule has 0 aliphatic rings. The third-order valence-electron chi connectivity index (χ3n) is 4.01. The molecule has 0 fully saturated rings. The van der Waals surface area contributed by atoms with Crippen molar-refractivity contribution < 1.29 is 9.90 Å². The Bertz CT molecular complexity index is 1110. The SMILES string of the molecule is Cc1cc(-c2ccc(-c3ccc(C(=O)O)c(Cl)c3)cc2)c(C#N)c(=O)[nH]1. The number of carbonyl (C=O) groups is 1. The number of aromatic nitrogens is 1. The normalized spacial score (nSPS) is 10.3. The molecule has 0 amide bonds. The number of nitrogens with one attached hydrogen (secondary N) is 1. The molecule has 26 heavy (non-hydrogen) atoms. The van der Waals surface area contributed by atoms with Crippen LogP contribution >= 0.6 is 11.6 Å². The van der Waals surface area contributed by atoms with Crippen molar-refractivity contribution in [3.63, 3.8) is 0 Å². The molecule has 3 aromatic rings. The second kappa shape index (κ2) is 6.87. The van der Waals surface area contributed by atoms with E-state index in [1.54, 1.807) is 25.1 Å². The average Bonchev–Trinajstić information content (AvgIpc) is 2.61. The maximum Gasteiger partial charge on any atom is 0.337 e. The van der Waals surface area contributed by atoms with Crippen LogP contribution in [0.2, 0.25) is 5.02 Å². The Morgan fingerprint density at radius 1 is 1.08 bits per heavy atom. The molecule has 0 radical (unpaired) electrons. The summed E-state index contributed by atoms with van der Waals surface area (Å²) in [4.78, 5) is 25.6. The number of carboxylic acid groups (broad SMARTS) is 1. The summed E-state index contributed by atoms with van der Waals surface area (Å²) in [5.74, 6) is -1.08. The predicted octanol–water partition coefficient (Wildman–Crippen LogP) is 4.24. The molecule has 2 N–H and O–H groups in total. The van der Waals surface area contributed by atoms with Crippen molar-refractivity contribution in [1.29, 1.82) is 5.26 Å². The van der Waals surface area contributed by atoms with Crippen molar-refractivity contribution in [1.82, 2.24) is 4.98 Å². The van der Waals surface area contributed by atoms with Gasteiger partial charge in [0.25, 0.3) is 5.56 Å². The number of nitrogens with zero attached hydrogens (tertiary/aromatic N) is 1. The van der Waals surface area contributed by atoms with Gasteiger partial charge in [-0.3, -0.25) is 4.79 Å². The van der Waals surface area contributed by atoms with Gasteiger partial charge in [0.2, 0.25) is 0 Å². The highest BCUT2D eigenvalue weighted by Gasteiger charge is 2.12. The van der Waals surface area contributed by atoms with E-state index in [1.165, 1.54) is 6.07 Å². The standard InChI is InChI=1S/C20H13ClN2O3/c1-11-8-16(17(10-22)19(24)23-11)13-4-2-12(3-5-13)14-6-7-15(20(25)26)18(21)9-14/h2-9H,1H3,(H,23,24)(H,25,26). The number of benzene rings is 2. The first-order valence-corrected chi connectivity index (χ1v) is 8.06. The number of rotatable bonds is 3. The van der Waals surface area contributed by atoms with Crippen LogP contribution in [0.4, 0.5) is 0 Å². The van der Waals surface area contributed by atoms with Crippen LogP contribution < -0.4 is 5.56 Å². The average molecular weight is 365 g/mol. The lowest BCUT2D eigenvalue weighted by Crippen LogP contribution is -2.12. The smallest absolute Gasteiger partial charge is 0.337 e. The minimum absolute atomic E-state index is 0.0460. The van der Waals surface area contributed by atoms with Crippen molar-refractivity contribution in [3.8, 4) is 28.3 Å². The largest absolute Gasteiger partial charge is 0.478 e. The lowest BCUT2D eigenvalue weighted by molar-refractivity contribution is 0.0697. The van der Waals surface area contributed by atoms with E-state index in [1.807, 2.05) is 30.3 Å². The number of nitriles is 1. The van der Waals surface area contributed by atoms with E-state index in [9.17, 15) is 14.9 Å². The predicted molar refractivity (Wildman–Crippen MR) is 99.4 cm³/mol. The molecule has 0 spiro atoms. The maximum absolute atomic E-state index is 11.9. The van der Waals surface area contributed by atoms with Gasteiger partial charge in [0.15, 0.2) is 0 Å². The Morgan fingerprint density at radius 3 is 2.27 bits per heavy atom. The lowest BCUT2D eigenvalue weighted by atomic mass is 9.97. The van der Waals surface area contributed by atoms with Crippen molar-refractivity contribution >= 4 is 17.6 Å². The van der Waals surface area contributed by atoms with Gasteiger partial charge in [-0.05, 0) is 41.8 Å². The zero-order valence-corrected chi connectivity index (χ0v) is 14.5. The van der Waals surface area contributed by atoms with Crippen LogP contribution in [0.5, 0.6) is 0 Å². The maximum atomic E-state index is 11.9. The number of carboxylic acids is 1. The molecular formula is C20H13ClN2O3. The van der Waals surface area contributed by atoms with Gasteiger partial charge in [-0.25, -0.2) is 4.79 Å². The molecule has 0 saturated heterocycles. The second-order valence-corrected chi connectivity index (χ2v) is 6.17. The van der Waals surface area contributed by atoms with Crippen LogP contribution in [0.3, 0.4) is 0 Å². The second-order valence-electron chi connectivity index (χ2n) is 5.76. The molecule has 0 aliphatic carbocycles. The van der Waals surface area contributed by atoms with Gasteiger partial charge < -0.3 is 10.1 Å². The molecule has 0 aliphatic heterocycles. The summed E-state index contributed by atoms with van der Waals surface area (Å²) in [6, 6.07) is 15.7. The summed E-state index contributed by atoms with van der Waals surface area (Å²) in [6.45, 7) is 1.76. The first kappa shape index (κ1) is 17.5. The molecule has 1 heterocycles. The number of aromatic amines is 1.